The summed E-state index contributed by atoms with van der Waals surface area (Å²) in [6.07, 6.45) is 5.83. The molecule has 2 rings (SSSR count). The Balaban J connectivity index is 1.78. The van der Waals surface area contributed by atoms with Crippen molar-refractivity contribution < 1.29 is 19.1 Å². The molecule has 22 heavy (non-hydrogen) atoms. The molecule has 1 saturated carbocycles. The number of amides is 1. The van der Waals surface area contributed by atoms with Crippen LogP contribution in [0, 0.1) is 5.92 Å². The highest BCUT2D eigenvalue weighted by molar-refractivity contribution is 5.91. The Morgan fingerprint density at radius 3 is 2.73 bits per heavy atom. The summed E-state index contributed by atoms with van der Waals surface area (Å²) >= 11 is 0. The molecule has 1 aromatic heterocycles. The van der Waals surface area contributed by atoms with Gasteiger partial charge >= 0.3 is 5.97 Å². The fourth-order valence-corrected chi connectivity index (χ4v) is 2.62. The van der Waals surface area contributed by atoms with Crippen molar-refractivity contribution in [3.8, 4) is 5.88 Å². The summed E-state index contributed by atoms with van der Waals surface area (Å²) in [7, 11) is 1.50. The molecule has 0 aromatic carbocycles. The lowest BCUT2D eigenvalue weighted by Crippen LogP contribution is -2.42. The molecule has 1 amide bonds. The number of nitrogens with one attached hydrogen (secondary N) is 1. The third-order valence-corrected chi connectivity index (χ3v) is 3.97. The van der Waals surface area contributed by atoms with Crippen LogP contribution >= 0.6 is 0 Å². The summed E-state index contributed by atoms with van der Waals surface area (Å²) in [6, 6.07) is 3.30. The number of carbonyl (C=O) groups excluding carboxylic acids is 2. The Morgan fingerprint density at radius 1 is 1.32 bits per heavy atom. The summed E-state index contributed by atoms with van der Waals surface area (Å²) in [5.74, 6) is 0.0651. The first-order chi connectivity index (χ1) is 10.6. The van der Waals surface area contributed by atoms with Gasteiger partial charge in [0.15, 0.2) is 6.61 Å². The highest BCUT2D eigenvalue weighted by Gasteiger charge is 2.23. The molecule has 0 unspecified atom stereocenters. The van der Waals surface area contributed by atoms with Gasteiger partial charge < -0.3 is 14.8 Å². The van der Waals surface area contributed by atoms with Crippen molar-refractivity contribution >= 4 is 11.9 Å². The second-order valence-electron chi connectivity index (χ2n) is 5.60. The Hall–Kier alpha value is -2.11. The van der Waals surface area contributed by atoms with Crippen molar-refractivity contribution in [1.29, 1.82) is 0 Å². The lowest BCUT2D eigenvalue weighted by Gasteiger charge is -2.29. The predicted octanol–water partition coefficient (Wildman–Crippen LogP) is 1.94. The second kappa shape index (κ2) is 7.77. The molecule has 0 radical (unpaired) electrons. The minimum atomic E-state index is -0.568. The van der Waals surface area contributed by atoms with Crippen LogP contribution in [-0.4, -0.2) is 36.6 Å². The first-order valence-corrected chi connectivity index (χ1v) is 7.56. The van der Waals surface area contributed by atoms with Crippen molar-refractivity contribution in [2.75, 3.05) is 13.7 Å². The number of pyridine rings is 1. The number of hydrogen-bond donors (Lipinski definition) is 1. The Morgan fingerprint density at radius 2 is 2.09 bits per heavy atom. The van der Waals surface area contributed by atoms with Crippen LogP contribution in [0.2, 0.25) is 0 Å². The zero-order chi connectivity index (χ0) is 15.9. The second-order valence-corrected chi connectivity index (χ2v) is 5.60. The molecule has 1 aliphatic rings. The summed E-state index contributed by atoms with van der Waals surface area (Å²) in [6.45, 7) is 1.87. The van der Waals surface area contributed by atoms with Crippen LogP contribution in [0.5, 0.6) is 5.88 Å². The number of ether oxygens (including phenoxy) is 2. The van der Waals surface area contributed by atoms with Gasteiger partial charge in [0.25, 0.3) is 5.91 Å². The van der Waals surface area contributed by atoms with Gasteiger partial charge in [-0.05, 0) is 24.8 Å². The number of methoxy groups -OCH3 is 1. The molecule has 1 aliphatic carbocycles. The highest BCUT2D eigenvalue weighted by atomic mass is 16.5. The number of carbonyl (C=O) groups is 2. The van der Waals surface area contributed by atoms with Crippen molar-refractivity contribution in [3.05, 3.63) is 23.9 Å². The maximum Gasteiger partial charge on any atom is 0.340 e. The molecular weight excluding hydrogens is 284 g/mol. The fraction of sp³-hybridized carbons (Fsp3) is 0.562. The van der Waals surface area contributed by atoms with E-state index < -0.39 is 5.97 Å². The van der Waals surface area contributed by atoms with Crippen LogP contribution in [0.15, 0.2) is 18.3 Å². The van der Waals surface area contributed by atoms with Crippen molar-refractivity contribution in [1.82, 2.24) is 10.3 Å². The van der Waals surface area contributed by atoms with Crippen molar-refractivity contribution in [3.63, 3.8) is 0 Å². The molecule has 6 nitrogen and oxygen atoms in total. The lowest BCUT2D eigenvalue weighted by atomic mass is 9.86. The normalized spacial score (nSPS) is 21.0. The molecule has 0 aliphatic heterocycles. The SMILES string of the molecule is COc1ccc(C(=O)OCC(=O)N[C@@H]2CCCC[C@H]2C)cn1. The number of hydrogen-bond acceptors (Lipinski definition) is 5. The molecule has 6 heteroatoms. The van der Waals surface area contributed by atoms with Gasteiger partial charge in [0.05, 0.1) is 12.7 Å². The number of esters is 1. The average molecular weight is 306 g/mol. The van der Waals surface area contributed by atoms with E-state index in [0.29, 0.717) is 17.4 Å². The van der Waals surface area contributed by atoms with Crippen molar-refractivity contribution in [2.45, 2.75) is 38.6 Å². The standard InChI is InChI=1S/C16H22N2O4/c1-11-5-3-4-6-13(11)18-14(19)10-22-16(20)12-7-8-15(21-2)17-9-12/h7-9,11,13H,3-6,10H2,1-2H3,(H,18,19)/t11-,13-/m1/s1. The summed E-state index contributed by atoms with van der Waals surface area (Å²) < 4.78 is 9.92. The van der Waals surface area contributed by atoms with E-state index in [-0.39, 0.29) is 18.6 Å². The van der Waals surface area contributed by atoms with E-state index in [1.54, 1.807) is 12.1 Å². The van der Waals surface area contributed by atoms with Gasteiger partial charge in [-0.1, -0.05) is 19.8 Å². The van der Waals surface area contributed by atoms with Crippen LogP contribution in [-0.2, 0) is 9.53 Å². The van der Waals surface area contributed by atoms with E-state index in [1.807, 2.05) is 0 Å². The van der Waals surface area contributed by atoms with Gasteiger partial charge in [-0.2, -0.15) is 0 Å². The molecular formula is C16H22N2O4. The summed E-state index contributed by atoms with van der Waals surface area (Å²) in [5, 5.41) is 2.94. The number of aromatic nitrogens is 1. The Bertz CT molecular complexity index is 515. The van der Waals surface area contributed by atoms with Gasteiger partial charge in [-0.3, -0.25) is 4.79 Å². The molecule has 0 saturated heterocycles. The smallest absolute Gasteiger partial charge is 0.340 e. The Labute approximate surface area is 130 Å². The van der Waals surface area contributed by atoms with Crippen LogP contribution in [0.3, 0.4) is 0 Å². The minimum absolute atomic E-state index is 0.183. The summed E-state index contributed by atoms with van der Waals surface area (Å²) in [4.78, 5) is 27.6. The van der Waals surface area contributed by atoms with E-state index in [4.69, 9.17) is 9.47 Å². The molecule has 0 bridgehead atoms. The quantitative estimate of drug-likeness (QED) is 0.841. The number of rotatable bonds is 5. The van der Waals surface area contributed by atoms with E-state index in [0.717, 1.165) is 19.3 Å². The highest BCUT2D eigenvalue weighted by Crippen LogP contribution is 2.23. The third-order valence-electron chi connectivity index (χ3n) is 3.97. The first-order valence-electron chi connectivity index (χ1n) is 7.56. The zero-order valence-electron chi connectivity index (χ0n) is 13.0. The van der Waals surface area contributed by atoms with Crippen LogP contribution < -0.4 is 10.1 Å². The fourth-order valence-electron chi connectivity index (χ4n) is 2.62. The van der Waals surface area contributed by atoms with E-state index in [9.17, 15) is 9.59 Å². The van der Waals surface area contributed by atoms with Crippen molar-refractivity contribution in [2.24, 2.45) is 5.92 Å². The van der Waals surface area contributed by atoms with E-state index >= 15 is 0 Å². The zero-order valence-corrected chi connectivity index (χ0v) is 13.0. The van der Waals surface area contributed by atoms with Gasteiger partial charge in [-0.25, -0.2) is 9.78 Å². The predicted molar refractivity (Wildman–Crippen MR) is 80.6 cm³/mol. The van der Waals surface area contributed by atoms with Gasteiger partial charge in [0, 0.05) is 18.3 Å². The van der Waals surface area contributed by atoms with Crippen LogP contribution in [0.1, 0.15) is 43.0 Å². The van der Waals surface area contributed by atoms with E-state index in [1.165, 1.54) is 19.7 Å². The third kappa shape index (κ3) is 4.44. The van der Waals surface area contributed by atoms with Gasteiger partial charge in [0.2, 0.25) is 5.88 Å². The molecule has 1 fully saturated rings. The molecule has 1 N–H and O–H groups in total. The summed E-state index contributed by atoms with van der Waals surface area (Å²) in [5.41, 5.74) is 0.291. The van der Waals surface area contributed by atoms with Gasteiger partial charge in [0.1, 0.15) is 0 Å². The Kier molecular flexibility index (Phi) is 5.75. The minimum Gasteiger partial charge on any atom is -0.481 e. The number of nitrogens with zero attached hydrogens (tertiary/aromatic N) is 1. The molecule has 120 valence electrons. The maximum atomic E-state index is 11.9. The van der Waals surface area contributed by atoms with E-state index in [2.05, 4.69) is 17.2 Å². The van der Waals surface area contributed by atoms with Crippen LogP contribution in [0.25, 0.3) is 0 Å². The maximum absolute atomic E-state index is 11.9. The monoisotopic (exact) mass is 306 g/mol. The lowest BCUT2D eigenvalue weighted by molar-refractivity contribution is -0.125. The topological polar surface area (TPSA) is 77.5 Å². The molecule has 0 spiro atoms. The first kappa shape index (κ1) is 16.3. The largest absolute Gasteiger partial charge is 0.481 e. The average Bonchev–Trinajstić information content (AvgIpc) is 2.55. The molecule has 1 heterocycles. The molecule has 2 atom stereocenters. The van der Waals surface area contributed by atoms with Gasteiger partial charge in [-0.15, -0.1) is 0 Å². The van der Waals surface area contributed by atoms with Crippen LogP contribution in [0.4, 0.5) is 0 Å². The molecule has 1 aromatic rings.